The van der Waals surface area contributed by atoms with Gasteiger partial charge in [0, 0.05) is 22.3 Å². The fourth-order valence-corrected chi connectivity index (χ4v) is 2.89. The fraction of sp³-hybridized carbons (Fsp3) is 0.158. The lowest BCUT2D eigenvalue weighted by Crippen LogP contribution is -2.13. The third-order valence-electron chi connectivity index (χ3n) is 4.10. The zero-order valence-corrected chi connectivity index (χ0v) is 15.7. The van der Waals surface area contributed by atoms with Gasteiger partial charge in [-0.2, -0.15) is 5.10 Å². The van der Waals surface area contributed by atoms with Crippen molar-refractivity contribution in [1.29, 1.82) is 0 Å². The number of aromatic nitrogens is 2. The molecule has 134 valence electrons. The van der Waals surface area contributed by atoms with Crippen molar-refractivity contribution >= 4 is 34.9 Å². The summed E-state index contributed by atoms with van der Waals surface area (Å²) in [7, 11) is 0. The number of hydrogen-bond donors (Lipinski definition) is 1. The lowest BCUT2D eigenvalue weighted by molar-refractivity contribution is 0.102. The SMILES string of the molecule is Cc1ccc(C(=O)Nc2nn(Cc3c(F)cccc3Cl)cc2Cl)cc1C. The van der Waals surface area contributed by atoms with Crippen LogP contribution in [0.2, 0.25) is 10.0 Å². The predicted octanol–water partition coefficient (Wildman–Crippen LogP) is 5.25. The second-order valence-corrected chi connectivity index (χ2v) is 6.79. The van der Waals surface area contributed by atoms with Gasteiger partial charge in [0.05, 0.1) is 6.54 Å². The third-order valence-corrected chi connectivity index (χ3v) is 4.73. The Morgan fingerprint density at radius 3 is 2.62 bits per heavy atom. The molecule has 0 radical (unpaired) electrons. The van der Waals surface area contributed by atoms with Gasteiger partial charge in [-0.25, -0.2) is 4.39 Å². The molecule has 0 unspecified atom stereocenters. The topological polar surface area (TPSA) is 46.9 Å². The number of carbonyl (C=O) groups excluding carboxylic acids is 1. The molecule has 0 aliphatic carbocycles. The van der Waals surface area contributed by atoms with Gasteiger partial charge < -0.3 is 5.32 Å². The Labute approximate surface area is 160 Å². The molecular weight excluding hydrogens is 376 g/mol. The second kappa shape index (κ2) is 7.48. The van der Waals surface area contributed by atoms with Gasteiger partial charge in [0.2, 0.25) is 0 Å². The van der Waals surface area contributed by atoms with Crippen LogP contribution in [0.3, 0.4) is 0 Å². The van der Waals surface area contributed by atoms with Gasteiger partial charge in [-0.15, -0.1) is 0 Å². The molecule has 0 spiro atoms. The molecule has 1 N–H and O–H groups in total. The molecule has 3 aromatic rings. The average Bonchev–Trinajstić information content (AvgIpc) is 2.93. The molecule has 0 bridgehead atoms. The number of nitrogens with one attached hydrogen (secondary N) is 1. The molecule has 4 nitrogen and oxygen atoms in total. The molecule has 0 atom stereocenters. The van der Waals surface area contributed by atoms with E-state index in [4.69, 9.17) is 23.2 Å². The highest BCUT2D eigenvalue weighted by molar-refractivity contribution is 6.33. The molecule has 26 heavy (non-hydrogen) atoms. The summed E-state index contributed by atoms with van der Waals surface area (Å²) in [5.74, 6) is -0.531. The van der Waals surface area contributed by atoms with Gasteiger partial charge in [-0.1, -0.05) is 35.3 Å². The van der Waals surface area contributed by atoms with Crippen LogP contribution in [0.5, 0.6) is 0 Å². The van der Waals surface area contributed by atoms with E-state index in [9.17, 15) is 9.18 Å². The lowest BCUT2D eigenvalue weighted by Gasteiger charge is -2.07. The van der Waals surface area contributed by atoms with Crippen molar-refractivity contribution in [2.45, 2.75) is 20.4 Å². The number of aryl methyl sites for hydroxylation is 2. The largest absolute Gasteiger partial charge is 0.304 e. The van der Waals surface area contributed by atoms with E-state index in [0.717, 1.165) is 11.1 Å². The van der Waals surface area contributed by atoms with Crippen molar-refractivity contribution < 1.29 is 9.18 Å². The van der Waals surface area contributed by atoms with Crippen LogP contribution in [0.25, 0.3) is 0 Å². The summed E-state index contributed by atoms with van der Waals surface area (Å²) in [5, 5.41) is 7.46. The fourth-order valence-electron chi connectivity index (χ4n) is 2.47. The summed E-state index contributed by atoms with van der Waals surface area (Å²) >= 11 is 12.2. The number of hydrogen-bond acceptors (Lipinski definition) is 2. The van der Waals surface area contributed by atoms with Gasteiger partial charge in [0.25, 0.3) is 5.91 Å². The summed E-state index contributed by atoms with van der Waals surface area (Å²) in [4.78, 5) is 12.4. The first-order valence-corrected chi connectivity index (χ1v) is 8.65. The monoisotopic (exact) mass is 391 g/mol. The minimum Gasteiger partial charge on any atom is -0.304 e. The number of anilines is 1. The summed E-state index contributed by atoms with van der Waals surface area (Å²) in [6.07, 6.45) is 1.51. The lowest BCUT2D eigenvalue weighted by atomic mass is 10.1. The molecule has 7 heteroatoms. The standard InChI is InChI=1S/C19H16Cl2FN3O/c1-11-6-7-13(8-12(11)2)19(26)23-18-16(21)10-25(24-18)9-14-15(20)4-3-5-17(14)22/h3-8,10H,9H2,1-2H3,(H,23,24,26). The average molecular weight is 392 g/mol. The van der Waals surface area contributed by atoms with Crippen molar-refractivity contribution in [2.24, 2.45) is 0 Å². The Balaban J connectivity index is 1.80. The first kappa shape index (κ1) is 18.4. The Kier molecular flexibility index (Phi) is 5.30. The smallest absolute Gasteiger partial charge is 0.256 e. The molecule has 1 amide bonds. The normalized spacial score (nSPS) is 10.8. The maximum atomic E-state index is 13.9. The highest BCUT2D eigenvalue weighted by atomic mass is 35.5. The zero-order valence-electron chi connectivity index (χ0n) is 14.2. The van der Waals surface area contributed by atoms with E-state index in [1.165, 1.54) is 23.0 Å². The molecule has 2 aromatic carbocycles. The molecular formula is C19H16Cl2FN3O. The molecule has 0 saturated heterocycles. The Morgan fingerprint density at radius 2 is 1.92 bits per heavy atom. The zero-order chi connectivity index (χ0) is 18.8. The summed E-state index contributed by atoms with van der Waals surface area (Å²) in [6, 6.07) is 9.88. The number of halogens is 3. The molecule has 0 aliphatic heterocycles. The maximum Gasteiger partial charge on any atom is 0.256 e. The summed E-state index contributed by atoms with van der Waals surface area (Å²) < 4.78 is 15.4. The summed E-state index contributed by atoms with van der Waals surface area (Å²) in [5.41, 5.74) is 2.94. The predicted molar refractivity (Wildman–Crippen MR) is 102 cm³/mol. The highest BCUT2D eigenvalue weighted by Crippen LogP contribution is 2.24. The molecule has 0 fully saturated rings. The van der Waals surface area contributed by atoms with Crippen molar-refractivity contribution in [3.05, 3.63) is 80.7 Å². The second-order valence-electron chi connectivity index (χ2n) is 5.98. The van der Waals surface area contributed by atoms with E-state index < -0.39 is 5.82 Å². The first-order chi connectivity index (χ1) is 12.3. The van der Waals surface area contributed by atoms with Crippen LogP contribution >= 0.6 is 23.2 Å². The van der Waals surface area contributed by atoms with Crippen molar-refractivity contribution in [3.8, 4) is 0 Å². The van der Waals surface area contributed by atoms with Crippen LogP contribution < -0.4 is 5.32 Å². The number of amides is 1. The van der Waals surface area contributed by atoms with E-state index in [1.807, 2.05) is 19.9 Å². The van der Waals surface area contributed by atoms with Gasteiger partial charge in [0.15, 0.2) is 5.82 Å². The van der Waals surface area contributed by atoms with Crippen molar-refractivity contribution in [1.82, 2.24) is 9.78 Å². The van der Waals surface area contributed by atoms with Crippen LogP contribution in [0.1, 0.15) is 27.0 Å². The minimum atomic E-state index is -0.426. The number of benzene rings is 2. The quantitative estimate of drug-likeness (QED) is 0.660. The maximum absolute atomic E-state index is 13.9. The van der Waals surface area contributed by atoms with Crippen LogP contribution in [0.15, 0.2) is 42.6 Å². The molecule has 1 aromatic heterocycles. The Morgan fingerprint density at radius 1 is 1.15 bits per heavy atom. The van der Waals surface area contributed by atoms with Gasteiger partial charge in [-0.05, 0) is 49.2 Å². The van der Waals surface area contributed by atoms with E-state index in [2.05, 4.69) is 10.4 Å². The first-order valence-electron chi connectivity index (χ1n) is 7.89. The van der Waals surface area contributed by atoms with Crippen LogP contribution in [0, 0.1) is 19.7 Å². The summed E-state index contributed by atoms with van der Waals surface area (Å²) in [6.45, 7) is 4.01. The Bertz CT molecular complexity index is 965. The number of rotatable bonds is 4. The van der Waals surface area contributed by atoms with Crippen LogP contribution in [-0.4, -0.2) is 15.7 Å². The van der Waals surface area contributed by atoms with Gasteiger partial charge >= 0.3 is 0 Å². The molecule has 0 saturated carbocycles. The van der Waals surface area contributed by atoms with Crippen LogP contribution in [0.4, 0.5) is 10.2 Å². The van der Waals surface area contributed by atoms with E-state index in [0.29, 0.717) is 16.1 Å². The van der Waals surface area contributed by atoms with E-state index in [1.54, 1.807) is 18.2 Å². The third kappa shape index (κ3) is 3.89. The Hall–Kier alpha value is -2.37. The molecule has 0 aliphatic rings. The van der Waals surface area contributed by atoms with Crippen molar-refractivity contribution in [3.63, 3.8) is 0 Å². The minimum absolute atomic E-state index is 0.102. The van der Waals surface area contributed by atoms with Crippen molar-refractivity contribution in [2.75, 3.05) is 5.32 Å². The van der Waals surface area contributed by atoms with Gasteiger partial charge in [0.1, 0.15) is 10.8 Å². The molecule has 1 heterocycles. The van der Waals surface area contributed by atoms with Crippen LogP contribution in [-0.2, 0) is 6.54 Å². The molecule has 3 rings (SSSR count). The van der Waals surface area contributed by atoms with E-state index in [-0.39, 0.29) is 23.3 Å². The highest BCUT2D eigenvalue weighted by Gasteiger charge is 2.15. The number of nitrogens with zero attached hydrogens (tertiary/aromatic N) is 2. The van der Waals surface area contributed by atoms with Gasteiger partial charge in [-0.3, -0.25) is 9.48 Å². The number of carbonyl (C=O) groups is 1. The van der Waals surface area contributed by atoms with E-state index >= 15 is 0 Å².